The van der Waals surface area contributed by atoms with E-state index in [9.17, 15) is 14.7 Å². The normalized spacial score (nSPS) is 13.9. The molecule has 1 heterocycles. The van der Waals surface area contributed by atoms with Crippen molar-refractivity contribution in [3.8, 4) is 17.2 Å². The largest absolute Gasteiger partial charge is 0.507 e. The van der Waals surface area contributed by atoms with E-state index in [-0.39, 0.29) is 17.1 Å². The Hall–Kier alpha value is -2.24. The van der Waals surface area contributed by atoms with Gasteiger partial charge >= 0.3 is 5.97 Å². The third-order valence-corrected chi connectivity index (χ3v) is 2.31. The molecule has 1 aromatic carbocycles. The molecule has 2 N–H and O–H groups in total. The molecule has 90 valence electrons. The quantitative estimate of drug-likeness (QED) is 0.585. The monoisotopic (exact) mass is 238 g/mol. The Morgan fingerprint density at radius 2 is 1.88 bits per heavy atom. The lowest BCUT2D eigenvalue weighted by molar-refractivity contribution is -0.131. The summed E-state index contributed by atoms with van der Waals surface area (Å²) < 4.78 is 10.6. The van der Waals surface area contributed by atoms with Crippen molar-refractivity contribution in [2.75, 3.05) is 13.2 Å². The van der Waals surface area contributed by atoms with Crippen LogP contribution in [-0.4, -0.2) is 35.2 Å². The van der Waals surface area contributed by atoms with Crippen LogP contribution in [0.15, 0.2) is 12.1 Å². The smallest absolute Gasteiger partial charge is 0.377 e. The molecule has 0 spiro atoms. The van der Waals surface area contributed by atoms with Crippen LogP contribution >= 0.6 is 0 Å². The number of benzene rings is 1. The summed E-state index contributed by atoms with van der Waals surface area (Å²) in [6.07, 6.45) is 0.621. The zero-order chi connectivity index (χ0) is 12.4. The molecule has 0 fully saturated rings. The number of carboxylic acid groups (broad SMARTS) is 1. The molecule has 17 heavy (non-hydrogen) atoms. The van der Waals surface area contributed by atoms with Gasteiger partial charge in [-0.3, -0.25) is 4.79 Å². The van der Waals surface area contributed by atoms with Gasteiger partial charge in [-0.25, -0.2) is 4.79 Å². The van der Waals surface area contributed by atoms with Crippen LogP contribution in [0, 0.1) is 0 Å². The molecule has 0 unspecified atom stereocenters. The number of aliphatic carboxylic acids is 1. The average molecular weight is 238 g/mol. The number of ether oxygens (including phenoxy) is 2. The maximum absolute atomic E-state index is 11.5. The first-order chi connectivity index (χ1) is 8.11. The van der Waals surface area contributed by atoms with Gasteiger partial charge in [-0.05, 0) is 12.1 Å². The molecule has 0 bridgehead atoms. The zero-order valence-electron chi connectivity index (χ0n) is 8.80. The van der Waals surface area contributed by atoms with E-state index in [4.69, 9.17) is 14.6 Å². The predicted octanol–water partition coefficient (Wildman–Crippen LogP) is 0.821. The number of ketones is 1. The Bertz CT molecular complexity index is 479. The molecular formula is C11H10O6. The number of phenols is 1. The number of rotatable bonds is 2. The molecule has 2 rings (SSSR count). The summed E-state index contributed by atoms with van der Waals surface area (Å²) in [5, 5.41) is 18.2. The summed E-state index contributed by atoms with van der Waals surface area (Å²) >= 11 is 0. The molecule has 0 aliphatic carbocycles. The maximum atomic E-state index is 11.5. The lowest BCUT2D eigenvalue weighted by Gasteiger charge is -2.11. The van der Waals surface area contributed by atoms with Crippen LogP contribution in [-0.2, 0) is 4.79 Å². The van der Waals surface area contributed by atoms with Gasteiger partial charge in [0.1, 0.15) is 11.3 Å². The Morgan fingerprint density at radius 3 is 2.59 bits per heavy atom. The van der Waals surface area contributed by atoms with Gasteiger partial charge in [0, 0.05) is 6.42 Å². The standard InChI is InChI=1S/C11H10O6/c12-6-2-3-7-10(17-5-1-4-16-7)8(6)9(13)11(14)15/h2-3,12H,1,4-5H2,(H,14,15). The molecule has 1 aromatic rings. The summed E-state index contributed by atoms with van der Waals surface area (Å²) in [5.74, 6) is -3.03. The highest BCUT2D eigenvalue weighted by molar-refractivity contribution is 6.41. The molecular weight excluding hydrogens is 228 g/mol. The topological polar surface area (TPSA) is 93.1 Å². The number of phenolic OH excluding ortho intramolecular Hbond substituents is 1. The van der Waals surface area contributed by atoms with Crippen molar-refractivity contribution in [3.05, 3.63) is 17.7 Å². The number of carbonyl (C=O) groups is 2. The zero-order valence-corrected chi connectivity index (χ0v) is 8.80. The fourth-order valence-electron chi connectivity index (χ4n) is 1.55. The molecule has 6 nitrogen and oxygen atoms in total. The van der Waals surface area contributed by atoms with Gasteiger partial charge in [0.15, 0.2) is 11.5 Å². The van der Waals surface area contributed by atoms with E-state index < -0.39 is 17.5 Å². The fourth-order valence-corrected chi connectivity index (χ4v) is 1.55. The Morgan fingerprint density at radius 1 is 1.18 bits per heavy atom. The van der Waals surface area contributed by atoms with Crippen molar-refractivity contribution in [2.24, 2.45) is 0 Å². The van der Waals surface area contributed by atoms with Crippen LogP contribution in [0.4, 0.5) is 0 Å². The van der Waals surface area contributed by atoms with Gasteiger partial charge in [0.25, 0.3) is 5.78 Å². The number of fused-ring (bicyclic) bond motifs is 1. The lowest BCUT2D eigenvalue weighted by Crippen LogP contribution is -2.14. The van der Waals surface area contributed by atoms with E-state index in [0.717, 1.165) is 0 Å². The van der Waals surface area contributed by atoms with Crippen LogP contribution < -0.4 is 9.47 Å². The van der Waals surface area contributed by atoms with Crippen LogP contribution in [0.5, 0.6) is 17.2 Å². The van der Waals surface area contributed by atoms with Crippen LogP contribution in [0.1, 0.15) is 16.8 Å². The van der Waals surface area contributed by atoms with Gasteiger partial charge in [0.05, 0.1) is 13.2 Å². The summed E-state index contributed by atoms with van der Waals surface area (Å²) in [5.41, 5.74) is -0.364. The highest BCUT2D eigenvalue weighted by Gasteiger charge is 2.27. The number of carboxylic acids is 1. The van der Waals surface area contributed by atoms with E-state index in [1.807, 2.05) is 0 Å². The highest BCUT2D eigenvalue weighted by Crippen LogP contribution is 2.38. The first kappa shape index (κ1) is 11.3. The van der Waals surface area contributed by atoms with E-state index in [0.29, 0.717) is 19.6 Å². The van der Waals surface area contributed by atoms with Crippen molar-refractivity contribution in [2.45, 2.75) is 6.42 Å². The minimum atomic E-state index is -1.65. The second-order valence-corrected chi connectivity index (χ2v) is 3.47. The van der Waals surface area contributed by atoms with Crippen LogP contribution in [0.3, 0.4) is 0 Å². The number of Topliss-reactive ketones (excluding diaryl/α,β-unsaturated/α-hetero) is 1. The van der Waals surface area contributed by atoms with Crippen molar-refractivity contribution in [1.82, 2.24) is 0 Å². The molecule has 0 amide bonds. The molecule has 1 aliphatic heterocycles. The third-order valence-electron chi connectivity index (χ3n) is 2.31. The minimum absolute atomic E-state index is 0.00472. The van der Waals surface area contributed by atoms with E-state index in [1.165, 1.54) is 12.1 Å². The second kappa shape index (κ2) is 4.32. The Balaban J connectivity index is 2.56. The molecule has 0 radical (unpaired) electrons. The summed E-state index contributed by atoms with van der Waals surface area (Å²) in [4.78, 5) is 22.1. The summed E-state index contributed by atoms with van der Waals surface area (Å²) in [6, 6.07) is 2.65. The van der Waals surface area contributed by atoms with Crippen LogP contribution in [0.2, 0.25) is 0 Å². The van der Waals surface area contributed by atoms with E-state index in [1.54, 1.807) is 0 Å². The Labute approximate surface area is 96.4 Å². The molecule has 6 heteroatoms. The SMILES string of the molecule is O=C(O)C(=O)c1c(O)ccc2c1OCCCO2. The minimum Gasteiger partial charge on any atom is -0.507 e. The molecule has 0 saturated heterocycles. The molecule has 0 saturated carbocycles. The second-order valence-electron chi connectivity index (χ2n) is 3.47. The summed E-state index contributed by atoms with van der Waals surface area (Å²) in [6.45, 7) is 0.717. The molecule has 0 aromatic heterocycles. The average Bonchev–Trinajstić information content (AvgIpc) is 2.53. The van der Waals surface area contributed by atoms with Gasteiger partial charge < -0.3 is 19.7 Å². The fraction of sp³-hybridized carbons (Fsp3) is 0.273. The first-order valence-corrected chi connectivity index (χ1v) is 5.00. The lowest BCUT2D eigenvalue weighted by atomic mass is 10.1. The number of hydrogen-bond acceptors (Lipinski definition) is 5. The van der Waals surface area contributed by atoms with Crippen molar-refractivity contribution in [1.29, 1.82) is 0 Å². The number of hydrogen-bond donors (Lipinski definition) is 2. The van der Waals surface area contributed by atoms with Gasteiger partial charge in [0.2, 0.25) is 0 Å². The van der Waals surface area contributed by atoms with Gasteiger partial charge in [-0.15, -0.1) is 0 Å². The van der Waals surface area contributed by atoms with Gasteiger partial charge in [-0.2, -0.15) is 0 Å². The Kier molecular flexibility index (Phi) is 2.86. The first-order valence-electron chi connectivity index (χ1n) is 5.00. The molecule has 0 atom stereocenters. The van der Waals surface area contributed by atoms with E-state index in [2.05, 4.69) is 0 Å². The van der Waals surface area contributed by atoms with Crippen molar-refractivity contribution in [3.63, 3.8) is 0 Å². The summed E-state index contributed by atoms with van der Waals surface area (Å²) in [7, 11) is 0. The maximum Gasteiger partial charge on any atom is 0.377 e. The van der Waals surface area contributed by atoms with Crippen molar-refractivity contribution < 1.29 is 29.3 Å². The predicted molar refractivity (Wildman–Crippen MR) is 55.7 cm³/mol. The van der Waals surface area contributed by atoms with E-state index >= 15 is 0 Å². The number of aromatic hydroxyl groups is 1. The molecule has 1 aliphatic rings. The number of carbonyl (C=O) groups excluding carboxylic acids is 1. The highest BCUT2D eigenvalue weighted by atomic mass is 16.5. The van der Waals surface area contributed by atoms with Crippen molar-refractivity contribution >= 4 is 11.8 Å². The van der Waals surface area contributed by atoms with Gasteiger partial charge in [-0.1, -0.05) is 0 Å². The third kappa shape index (κ3) is 2.01. The van der Waals surface area contributed by atoms with Crippen LogP contribution in [0.25, 0.3) is 0 Å².